The minimum absolute atomic E-state index is 0. The standard InChI is InChI=1S/C18H28N4O4.HI/c1-3-19-18(20-9-5-8-16(23)25-4-2)22-12-10-21(11-13-22)17(24)15-7-6-14-26-15;/h6-7,14H,3-5,8-13H2,1-2H3,(H,19,20);1H. The van der Waals surface area contributed by atoms with Gasteiger partial charge in [-0.1, -0.05) is 0 Å². The third-order valence-corrected chi connectivity index (χ3v) is 4.04. The Hall–Kier alpha value is -1.78. The minimum Gasteiger partial charge on any atom is -0.466 e. The Kier molecular flexibility index (Phi) is 10.8. The molecule has 0 atom stereocenters. The number of piperazine rings is 1. The summed E-state index contributed by atoms with van der Waals surface area (Å²) in [5.41, 5.74) is 0. The van der Waals surface area contributed by atoms with Crippen molar-refractivity contribution in [3.63, 3.8) is 0 Å². The predicted octanol–water partition coefficient (Wildman–Crippen LogP) is 1.96. The lowest BCUT2D eigenvalue weighted by molar-refractivity contribution is -0.143. The van der Waals surface area contributed by atoms with E-state index in [1.807, 2.05) is 6.92 Å². The maximum Gasteiger partial charge on any atom is 0.305 e. The minimum atomic E-state index is -0.183. The number of ether oxygens (including phenoxy) is 1. The Morgan fingerprint density at radius 3 is 2.52 bits per heavy atom. The fraction of sp³-hybridized carbons (Fsp3) is 0.611. The van der Waals surface area contributed by atoms with Crippen LogP contribution in [0.3, 0.4) is 0 Å². The molecule has 1 saturated heterocycles. The molecular weight excluding hydrogens is 463 g/mol. The average molecular weight is 492 g/mol. The van der Waals surface area contributed by atoms with E-state index >= 15 is 0 Å². The van der Waals surface area contributed by atoms with Crippen LogP contribution in [-0.4, -0.2) is 73.5 Å². The molecule has 1 aromatic heterocycles. The van der Waals surface area contributed by atoms with Crippen molar-refractivity contribution in [2.75, 3.05) is 45.9 Å². The molecule has 1 aliphatic heterocycles. The monoisotopic (exact) mass is 492 g/mol. The molecule has 0 saturated carbocycles. The third kappa shape index (κ3) is 7.39. The lowest BCUT2D eigenvalue weighted by Crippen LogP contribution is -2.53. The molecule has 1 N–H and O–H groups in total. The maximum atomic E-state index is 12.3. The van der Waals surface area contributed by atoms with Crippen molar-refractivity contribution in [3.8, 4) is 0 Å². The average Bonchev–Trinajstić information content (AvgIpc) is 3.19. The van der Waals surface area contributed by atoms with E-state index < -0.39 is 0 Å². The lowest BCUT2D eigenvalue weighted by atomic mass is 10.3. The molecule has 0 bridgehead atoms. The van der Waals surface area contributed by atoms with E-state index in [0.717, 1.165) is 12.5 Å². The smallest absolute Gasteiger partial charge is 0.305 e. The number of hydrogen-bond acceptors (Lipinski definition) is 5. The molecule has 2 heterocycles. The highest BCUT2D eigenvalue weighted by molar-refractivity contribution is 14.0. The van der Waals surface area contributed by atoms with Crippen LogP contribution in [-0.2, 0) is 9.53 Å². The fourth-order valence-electron chi connectivity index (χ4n) is 2.74. The number of carbonyl (C=O) groups is 2. The van der Waals surface area contributed by atoms with Gasteiger partial charge in [-0.15, -0.1) is 24.0 Å². The van der Waals surface area contributed by atoms with E-state index in [0.29, 0.717) is 57.9 Å². The second-order valence-electron chi connectivity index (χ2n) is 5.90. The zero-order valence-corrected chi connectivity index (χ0v) is 18.3. The van der Waals surface area contributed by atoms with Gasteiger partial charge in [-0.3, -0.25) is 14.6 Å². The highest BCUT2D eigenvalue weighted by atomic mass is 127. The molecule has 2 rings (SSSR count). The third-order valence-electron chi connectivity index (χ3n) is 4.04. The number of aliphatic imine (C=N–C) groups is 1. The fourth-order valence-corrected chi connectivity index (χ4v) is 2.74. The van der Waals surface area contributed by atoms with Crippen molar-refractivity contribution in [2.45, 2.75) is 26.7 Å². The molecule has 27 heavy (non-hydrogen) atoms. The lowest BCUT2D eigenvalue weighted by Gasteiger charge is -2.36. The summed E-state index contributed by atoms with van der Waals surface area (Å²) in [6.07, 6.45) is 2.54. The Balaban J connectivity index is 0.00000364. The SMILES string of the molecule is CCNC(=NCCCC(=O)OCC)N1CCN(C(=O)c2ccco2)CC1.I. The van der Waals surface area contributed by atoms with Crippen LogP contribution in [0.25, 0.3) is 0 Å². The number of guanidine groups is 1. The molecule has 0 spiro atoms. The Bertz CT molecular complexity index is 599. The van der Waals surface area contributed by atoms with Crippen LogP contribution in [0.15, 0.2) is 27.8 Å². The molecule has 0 unspecified atom stereocenters. The molecule has 0 aliphatic carbocycles. The van der Waals surface area contributed by atoms with Gasteiger partial charge in [0.05, 0.1) is 12.9 Å². The van der Waals surface area contributed by atoms with Crippen molar-refractivity contribution in [3.05, 3.63) is 24.2 Å². The second-order valence-corrected chi connectivity index (χ2v) is 5.90. The first-order chi connectivity index (χ1) is 12.7. The molecule has 8 nitrogen and oxygen atoms in total. The summed E-state index contributed by atoms with van der Waals surface area (Å²) in [6.45, 7) is 8.20. The molecule has 0 aromatic carbocycles. The van der Waals surface area contributed by atoms with Crippen molar-refractivity contribution < 1.29 is 18.7 Å². The van der Waals surface area contributed by atoms with Crippen molar-refractivity contribution in [2.24, 2.45) is 4.99 Å². The summed E-state index contributed by atoms with van der Waals surface area (Å²) < 4.78 is 10.1. The Labute approximate surface area is 177 Å². The largest absolute Gasteiger partial charge is 0.466 e. The summed E-state index contributed by atoms with van der Waals surface area (Å²) in [7, 11) is 0. The molecule has 152 valence electrons. The summed E-state index contributed by atoms with van der Waals surface area (Å²) in [4.78, 5) is 32.2. The zero-order chi connectivity index (χ0) is 18.8. The van der Waals surface area contributed by atoms with Gasteiger partial charge in [-0.2, -0.15) is 0 Å². The zero-order valence-electron chi connectivity index (χ0n) is 16.0. The van der Waals surface area contributed by atoms with Gasteiger partial charge in [-0.05, 0) is 32.4 Å². The number of nitrogens with one attached hydrogen (secondary N) is 1. The Morgan fingerprint density at radius 2 is 1.93 bits per heavy atom. The number of hydrogen-bond donors (Lipinski definition) is 1. The van der Waals surface area contributed by atoms with Crippen molar-refractivity contribution in [1.82, 2.24) is 15.1 Å². The van der Waals surface area contributed by atoms with Crippen LogP contribution in [0.5, 0.6) is 0 Å². The number of rotatable bonds is 7. The highest BCUT2D eigenvalue weighted by Gasteiger charge is 2.25. The molecule has 1 aromatic rings. The maximum absolute atomic E-state index is 12.3. The van der Waals surface area contributed by atoms with E-state index in [9.17, 15) is 9.59 Å². The number of carbonyl (C=O) groups excluding carboxylic acids is 2. The highest BCUT2D eigenvalue weighted by Crippen LogP contribution is 2.09. The van der Waals surface area contributed by atoms with Crippen LogP contribution in [0.4, 0.5) is 0 Å². The van der Waals surface area contributed by atoms with Gasteiger partial charge in [0.2, 0.25) is 0 Å². The molecular formula is C18H29IN4O4. The molecule has 1 amide bonds. The summed E-state index contributed by atoms with van der Waals surface area (Å²) in [5, 5.41) is 3.28. The van der Waals surface area contributed by atoms with E-state index in [2.05, 4.69) is 15.2 Å². The number of nitrogens with zero attached hydrogens (tertiary/aromatic N) is 3. The van der Waals surface area contributed by atoms with Gasteiger partial charge in [0, 0.05) is 45.7 Å². The summed E-state index contributed by atoms with van der Waals surface area (Å²) in [5.74, 6) is 0.934. The first-order valence-electron chi connectivity index (χ1n) is 9.17. The molecule has 1 aliphatic rings. The van der Waals surface area contributed by atoms with Crippen LogP contribution >= 0.6 is 24.0 Å². The van der Waals surface area contributed by atoms with Gasteiger partial charge in [0.15, 0.2) is 11.7 Å². The second kappa shape index (κ2) is 12.6. The van der Waals surface area contributed by atoms with E-state index in [1.165, 1.54) is 6.26 Å². The van der Waals surface area contributed by atoms with E-state index in [4.69, 9.17) is 9.15 Å². The number of furan rings is 1. The quantitative estimate of drug-likeness (QED) is 0.206. The van der Waals surface area contributed by atoms with Gasteiger partial charge in [-0.25, -0.2) is 0 Å². The van der Waals surface area contributed by atoms with Crippen LogP contribution in [0, 0.1) is 0 Å². The predicted molar refractivity (Wildman–Crippen MR) is 113 cm³/mol. The molecule has 0 radical (unpaired) electrons. The topological polar surface area (TPSA) is 87.4 Å². The van der Waals surface area contributed by atoms with E-state index in [-0.39, 0.29) is 35.9 Å². The van der Waals surface area contributed by atoms with E-state index in [1.54, 1.807) is 24.0 Å². The van der Waals surface area contributed by atoms with Crippen molar-refractivity contribution >= 4 is 41.8 Å². The van der Waals surface area contributed by atoms with Crippen LogP contribution in [0.2, 0.25) is 0 Å². The molecule has 1 fully saturated rings. The van der Waals surface area contributed by atoms with Crippen molar-refractivity contribution in [1.29, 1.82) is 0 Å². The van der Waals surface area contributed by atoms with Gasteiger partial charge < -0.3 is 24.3 Å². The number of amides is 1. The first kappa shape index (κ1) is 23.3. The summed E-state index contributed by atoms with van der Waals surface area (Å²) >= 11 is 0. The number of esters is 1. The first-order valence-corrected chi connectivity index (χ1v) is 9.17. The van der Waals surface area contributed by atoms with Gasteiger partial charge >= 0.3 is 5.97 Å². The Morgan fingerprint density at radius 1 is 1.22 bits per heavy atom. The summed E-state index contributed by atoms with van der Waals surface area (Å²) in [6, 6.07) is 3.40. The van der Waals surface area contributed by atoms with Crippen LogP contribution in [0.1, 0.15) is 37.2 Å². The van der Waals surface area contributed by atoms with Gasteiger partial charge in [0.25, 0.3) is 5.91 Å². The van der Waals surface area contributed by atoms with Crippen LogP contribution < -0.4 is 5.32 Å². The normalized spacial score (nSPS) is 14.5. The van der Waals surface area contributed by atoms with Gasteiger partial charge in [0.1, 0.15) is 0 Å². The molecule has 9 heteroatoms. The number of halogens is 1.